The molecule has 164 valence electrons. The number of hydrogen-bond acceptors (Lipinski definition) is 6. The van der Waals surface area contributed by atoms with Crippen LogP contribution in [0.5, 0.6) is 0 Å². The van der Waals surface area contributed by atoms with E-state index < -0.39 is 24.5 Å². The molecule has 1 fully saturated rings. The van der Waals surface area contributed by atoms with Crippen molar-refractivity contribution in [2.24, 2.45) is 0 Å². The van der Waals surface area contributed by atoms with Gasteiger partial charge < -0.3 is 14.8 Å². The highest BCUT2D eigenvalue weighted by molar-refractivity contribution is 5.92. The van der Waals surface area contributed by atoms with Crippen LogP contribution >= 0.6 is 0 Å². The minimum Gasteiger partial charge on any atom is -0.452 e. The van der Waals surface area contributed by atoms with Gasteiger partial charge >= 0.3 is 5.97 Å². The second-order valence-electron chi connectivity index (χ2n) is 7.58. The molecule has 7 heteroatoms. The van der Waals surface area contributed by atoms with Crippen molar-refractivity contribution in [2.45, 2.75) is 25.9 Å². The van der Waals surface area contributed by atoms with E-state index in [0.717, 1.165) is 44.0 Å². The number of esters is 1. The molecule has 1 heterocycles. The first-order valence-electron chi connectivity index (χ1n) is 10.4. The summed E-state index contributed by atoms with van der Waals surface area (Å²) < 4.78 is 10.5. The van der Waals surface area contributed by atoms with Crippen LogP contribution in [0.25, 0.3) is 0 Å². The maximum Gasteiger partial charge on any atom is 0.338 e. The maximum atomic E-state index is 12.3. The Bertz CT molecular complexity index is 877. The van der Waals surface area contributed by atoms with Crippen molar-refractivity contribution in [1.82, 2.24) is 10.2 Å². The molecule has 1 saturated heterocycles. The molecular weight excluding hydrogens is 396 g/mol. The smallest absolute Gasteiger partial charge is 0.338 e. The van der Waals surface area contributed by atoms with E-state index in [1.54, 1.807) is 12.1 Å². The summed E-state index contributed by atoms with van der Waals surface area (Å²) in [6.45, 7) is 5.06. The average Bonchev–Trinajstić information content (AvgIpc) is 2.79. The Balaban J connectivity index is 1.46. The number of Topliss-reactive ketones (excluding diaryl/α,β-unsaturated/α-hetero) is 1. The topological polar surface area (TPSA) is 84.9 Å². The van der Waals surface area contributed by atoms with E-state index in [1.807, 2.05) is 42.5 Å². The second-order valence-corrected chi connectivity index (χ2v) is 7.58. The molecular formula is C24H28N2O5. The number of nitrogens with zero attached hydrogens (tertiary/aromatic N) is 1. The Labute approximate surface area is 182 Å². The first-order chi connectivity index (χ1) is 15.0. The van der Waals surface area contributed by atoms with Crippen LogP contribution in [-0.2, 0) is 32.0 Å². The fraction of sp³-hybridized carbons (Fsp3) is 0.375. The lowest BCUT2D eigenvalue weighted by Crippen LogP contribution is -2.43. The molecule has 0 aliphatic carbocycles. The molecule has 0 bridgehead atoms. The largest absolute Gasteiger partial charge is 0.452 e. The molecule has 1 amide bonds. The van der Waals surface area contributed by atoms with Crippen LogP contribution in [0.15, 0.2) is 54.6 Å². The monoisotopic (exact) mass is 424 g/mol. The minimum atomic E-state index is -0.659. The number of carbonyl (C=O) groups excluding carboxylic acids is 3. The Morgan fingerprint density at radius 2 is 1.68 bits per heavy atom. The highest BCUT2D eigenvalue weighted by Crippen LogP contribution is 2.10. The lowest BCUT2D eigenvalue weighted by atomic mass is 10.0. The summed E-state index contributed by atoms with van der Waals surface area (Å²) >= 11 is 0. The number of nitrogens with one attached hydrogen (secondary N) is 1. The third-order valence-corrected chi connectivity index (χ3v) is 5.14. The molecule has 1 aliphatic rings. The minimum absolute atomic E-state index is 0.153. The molecule has 1 N–H and O–H groups in total. The van der Waals surface area contributed by atoms with Crippen LogP contribution in [-0.4, -0.2) is 61.5 Å². The van der Waals surface area contributed by atoms with Crippen LogP contribution in [0.1, 0.15) is 28.4 Å². The van der Waals surface area contributed by atoms with Crippen LogP contribution in [0.2, 0.25) is 0 Å². The normalized spacial score (nSPS) is 15.1. The van der Waals surface area contributed by atoms with E-state index in [-0.39, 0.29) is 5.78 Å². The highest BCUT2D eigenvalue weighted by atomic mass is 16.5. The molecule has 2 aromatic rings. The van der Waals surface area contributed by atoms with Gasteiger partial charge in [-0.3, -0.25) is 14.5 Å². The number of carbonyl (C=O) groups is 3. The van der Waals surface area contributed by atoms with Gasteiger partial charge in [-0.05, 0) is 36.6 Å². The molecule has 0 saturated carbocycles. The lowest BCUT2D eigenvalue weighted by molar-refractivity contribution is -0.128. The lowest BCUT2D eigenvalue weighted by Gasteiger charge is -2.26. The molecule has 7 nitrogen and oxygen atoms in total. The van der Waals surface area contributed by atoms with Crippen molar-refractivity contribution >= 4 is 17.7 Å². The van der Waals surface area contributed by atoms with Crippen molar-refractivity contribution in [2.75, 3.05) is 32.9 Å². The standard InChI is InChI=1S/C24H28N2O5/c1-18(27)22(15-19-5-3-2-4-6-19)25-23(28)17-31-24(29)21-9-7-20(8-10-21)16-26-11-13-30-14-12-26/h2-10,22H,11-17H2,1H3,(H,25,28)/t22-/m0/s1. The summed E-state index contributed by atoms with van der Waals surface area (Å²) in [4.78, 5) is 38.6. The average molecular weight is 424 g/mol. The molecule has 0 spiro atoms. The molecule has 31 heavy (non-hydrogen) atoms. The van der Waals surface area contributed by atoms with E-state index in [4.69, 9.17) is 9.47 Å². The summed E-state index contributed by atoms with van der Waals surface area (Å²) in [6.07, 6.45) is 0.389. The van der Waals surface area contributed by atoms with E-state index in [2.05, 4.69) is 10.2 Å². The van der Waals surface area contributed by atoms with E-state index in [0.29, 0.717) is 12.0 Å². The third-order valence-electron chi connectivity index (χ3n) is 5.14. The zero-order chi connectivity index (χ0) is 22.1. The van der Waals surface area contributed by atoms with Crippen LogP contribution in [0.3, 0.4) is 0 Å². The molecule has 0 unspecified atom stereocenters. The van der Waals surface area contributed by atoms with Crippen molar-refractivity contribution in [3.05, 3.63) is 71.3 Å². The van der Waals surface area contributed by atoms with Crippen LogP contribution in [0, 0.1) is 0 Å². The van der Waals surface area contributed by atoms with Gasteiger partial charge in [-0.1, -0.05) is 42.5 Å². The predicted molar refractivity (Wildman–Crippen MR) is 116 cm³/mol. The van der Waals surface area contributed by atoms with E-state index in [9.17, 15) is 14.4 Å². The number of amides is 1. The zero-order valence-corrected chi connectivity index (χ0v) is 17.7. The Morgan fingerprint density at radius 1 is 1.00 bits per heavy atom. The summed E-state index contributed by atoms with van der Waals surface area (Å²) in [5.74, 6) is -1.23. The van der Waals surface area contributed by atoms with E-state index in [1.165, 1.54) is 6.92 Å². The van der Waals surface area contributed by atoms with Gasteiger partial charge in [-0.15, -0.1) is 0 Å². The van der Waals surface area contributed by atoms with Gasteiger partial charge in [0, 0.05) is 19.6 Å². The molecule has 1 atom stereocenters. The molecule has 3 rings (SSSR count). The fourth-order valence-corrected chi connectivity index (χ4v) is 3.36. The summed E-state index contributed by atoms with van der Waals surface area (Å²) in [5, 5.41) is 2.64. The summed E-state index contributed by atoms with van der Waals surface area (Å²) in [7, 11) is 0. The van der Waals surface area contributed by atoms with Gasteiger partial charge in [0.1, 0.15) is 0 Å². The summed E-state index contributed by atoms with van der Waals surface area (Å²) in [5.41, 5.74) is 2.42. The second kappa shape index (κ2) is 11.4. The van der Waals surface area contributed by atoms with Gasteiger partial charge in [0.05, 0.1) is 24.8 Å². The number of rotatable bonds is 9. The fourth-order valence-electron chi connectivity index (χ4n) is 3.36. The SMILES string of the molecule is CC(=O)[C@H](Cc1ccccc1)NC(=O)COC(=O)c1ccc(CN2CCOCC2)cc1. The first kappa shape index (κ1) is 22.7. The van der Waals surface area contributed by atoms with Gasteiger partial charge in [-0.25, -0.2) is 4.79 Å². The zero-order valence-electron chi connectivity index (χ0n) is 17.7. The van der Waals surface area contributed by atoms with Crippen LogP contribution in [0.4, 0.5) is 0 Å². The molecule has 0 aromatic heterocycles. The van der Waals surface area contributed by atoms with Gasteiger partial charge in [0.2, 0.25) is 0 Å². The van der Waals surface area contributed by atoms with Crippen molar-refractivity contribution in [3.8, 4) is 0 Å². The maximum absolute atomic E-state index is 12.3. The third kappa shape index (κ3) is 7.31. The predicted octanol–water partition coefficient (Wildman–Crippen LogP) is 1.99. The first-order valence-corrected chi connectivity index (χ1v) is 10.4. The molecule has 1 aliphatic heterocycles. The Hall–Kier alpha value is -3.03. The quantitative estimate of drug-likeness (QED) is 0.620. The van der Waals surface area contributed by atoms with Crippen molar-refractivity contribution in [1.29, 1.82) is 0 Å². The Morgan fingerprint density at radius 3 is 2.32 bits per heavy atom. The van der Waals surface area contributed by atoms with E-state index >= 15 is 0 Å². The van der Waals surface area contributed by atoms with Crippen LogP contribution < -0.4 is 5.32 Å². The van der Waals surface area contributed by atoms with Gasteiger partial charge in [0.15, 0.2) is 12.4 Å². The number of morpholine rings is 1. The number of ketones is 1. The molecule has 2 aromatic carbocycles. The van der Waals surface area contributed by atoms with Gasteiger partial charge in [-0.2, -0.15) is 0 Å². The van der Waals surface area contributed by atoms with Crippen molar-refractivity contribution in [3.63, 3.8) is 0 Å². The summed E-state index contributed by atoms with van der Waals surface area (Å²) in [6, 6.07) is 15.9. The highest BCUT2D eigenvalue weighted by Gasteiger charge is 2.19. The Kier molecular flexibility index (Phi) is 8.32. The number of ether oxygens (including phenoxy) is 2. The molecule has 0 radical (unpaired) electrons. The number of hydrogen-bond donors (Lipinski definition) is 1. The van der Waals surface area contributed by atoms with Crippen molar-refractivity contribution < 1.29 is 23.9 Å². The number of benzene rings is 2. The van der Waals surface area contributed by atoms with Gasteiger partial charge in [0.25, 0.3) is 5.91 Å².